The van der Waals surface area contributed by atoms with E-state index in [1.165, 1.54) is 44.1 Å². The molecule has 2 aliphatic rings. The lowest BCUT2D eigenvalue weighted by Gasteiger charge is -2.27. The molecule has 0 aromatic heterocycles. The topological polar surface area (TPSA) is 29.1 Å². The van der Waals surface area contributed by atoms with Crippen molar-refractivity contribution >= 4 is 5.91 Å². The van der Waals surface area contributed by atoms with Crippen LogP contribution in [0, 0.1) is 11.8 Å². The Balaban J connectivity index is 1.69. The fourth-order valence-electron chi connectivity index (χ4n) is 3.79. The fraction of sp³-hybridized carbons (Fsp3) is 0.588. The van der Waals surface area contributed by atoms with E-state index in [1.807, 2.05) is 6.07 Å². The Labute approximate surface area is 115 Å². The Morgan fingerprint density at radius 1 is 1.05 bits per heavy atom. The van der Waals surface area contributed by atoms with Crippen LogP contribution in [0.2, 0.25) is 0 Å². The second-order valence-electron chi connectivity index (χ2n) is 6.16. The Morgan fingerprint density at radius 3 is 2.53 bits per heavy atom. The third kappa shape index (κ3) is 2.99. The van der Waals surface area contributed by atoms with Crippen molar-refractivity contribution in [1.29, 1.82) is 0 Å². The quantitative estimate of drug-likeness (QED) is 0.876. The van der Waals surface area contributed by atoms with E-state index in [1.54, 1.807) is 0 Å². The lowest BCUT2D eigenvalue weighted by Crippen LogP contribution is -2.22. The predicted molar refractivity (Wildman–Crippen MR) is 76.6 cm³/mol. The van der Waals surface area contributed by atoms with E-state index in [0.717, 1.165) is 12.3 Å². The van der Waals surface area contributed by atoms with Gasteiger partial charge in [-0.3, -0.25) is 4.79 Å². The standard InChI is InChI=1S/C17H23NO/c19-16-12-15(11-13-7-3-1-4-8-13)17(18-16)14-9-5-2-6-10-14/h2,5-6,9-10,13,15,17H,1,3-4,7-8,11-12H2,(H,18,19). The number of benzene rings is 1. The monoisotopic (exact) mass is 257 g/mol. The summed E-state index contributed by atoms with van der Waals surface area (Å²) in [5.41, 5.74) is 1.27. The highest BCUT2D eigenvalue weighted by atomic mass is 16.2. The smallest absolute Gasteiger partial charge is 0.220 e. The summed E-state index contributed by atoms with van der Waals surface area (Å²) < 4.78 is 0. The lowest BCUT2D eigenvalue weighted by molar-refractivity contribution is -0.119. The van der Waals surface area contributed by atoms with Crippen molar-refractivity contribution < 1.29 is 4.79 Å². The van der Waals surface area contributed by atoms with Crippen molar-refractivity contribution in [3.05, 3.63) is 35.9 Å². The van der Waals surface area contributed by atoms with Gasteiger partial charge in [0.2, 0.25) is 5.91 Å². The fourth-order valence-corrected chi connectivity index (χ4v) is 3.79. The van der Waals surface area contributed by atoms with Gasteiger partial charge in [-0.1, -0.05) is 62.4 Å². The maximum absolute atomic E-state index is 11.8. The van der Waals surface area contributed by atoms with Crippen LogP contribution in [-0.4, -0.2) is 5.91 Å². The van der Waals surface area contributed by atoms with Gasteiger partial charge in [0.05, 0.1) is 6.04 Å². The van der Waals surface area contributed by atoms with Gasteiger partial charge in [0.15, 0.2) is 0 Å². The Hall–Kier alpha value is -1.31. The molecule has 1 amide bonds. The summed E-state index contributed by atoms with van der Waals surface area (Å²) in [4.78, 5) is 11.8. The summed E-state index contributed by atoms with van der Waals surface area (Å²) in [6.07, 6.45) is 8.84. The van der Waals surface area contributed by atoms with Crippen LogP contribution in [0.4, 0.5) is 0 Å². The van der Waals surface area contributed by atoms with Gasteiger partial charge in [0.1, 0.15) is 0 Å². The summed E-state index contributed by atoms with van der Waals surface area (Å²) in [7, 11) is 0. The van der Waals surface area contributed by atoms with Crippen molar-refractivity contribution in [3.63, 3.8) is 0 Å². The van der Waals surface area contributed by atoms with Crippen molar-refractivity contribution in [3.8, 4) is 0 Å². The molecule has 0 radical (unpaired) electrons. The zero-order valence-electron chi connectivity index (χ0n) is 11.5. The molecule has 1 aliphatic carbocycles. The molecular formula is C17H23NO. The normalized spacial score (nSPS) is 28.3. The average molecular weight is 257 g/mol. The molecule has 1 aliphatic heterocycles. The van der Waals surface area contributed by atoms with Crippen LogP contribution in [0.5, 0.6) is 0 Å². The molecule has 1 N–H and O–H groups in total. The largest absolute Gasteiger partial charge is 0.349 e. The minimum atomic E-state index is 0.231. The highest BCUT2D eigenvalue weighted by molar-refractivity contribution is 5.79. The molecular weight excluding hydrogens is 234 g/mol. The summed E-state index contributed by atoms with van der Waals surface area (Å²) in [5.74, 6) is 1.57. The first-order chi connectivity index (χ1) is 9.33. The molecule has 2 atom stereocenters. The van der Waals surface area contributed by atoms with Gasteiger partial charge >= 0.3 is 0 Å². The second kappa shape index (κ2) is 5.77. The van der Waals surface area contributed by atoms with Crippen molar-refractivity contribution in [2.45, 2.75) is 51.0 Å². The first-order valence-corrected chi connectivity index (χ1v) is 7.67. The van der Waals surface area contributed by atoms with Crippen LogP contribution in [0.1, 0.15) is 56.6 Å². The molecule has 0 bridgehead atoms. The Kier molecular flexibility index (Phi) is 3.86. The number of nitrogens with one attached hydrogen (secondary N) is 1. The second-order valence-corrected chi connectivity index (χ2v) is 6.16. The first-order valence-electron chi connectivity index (χ1n) is 7.67. The SMILES string of the molecule is O=C1CC(CC2CCCCC2)C(c2ccccc2)N1. The molecule has 3 rings (SSSR count). The highest BCUT2D eigenvalue weighted by Crippen LogP contribution is 2.38. The predicted octanol–water partition coefficient (Wildman–Crippen LogP) is 3.83. The summed E-state index contributed by atoms with van der Waals surface area (Å²) >= 11 is 0. The number of hydrogen-bond donors (Lipinski definition) is 1. The van der Waals surface area contributed by atoms with Gasteiger partial charge in [0.25, 0.3) is 0 Å². The van der Waals surface area contributed by atoms with Gasteiger partial charge in [-0.15, -0.1) is 0 Å². The number of carbonyl (C=O) groups excluding carboxylic acids is 1. The van der Waals surface area contributed by atoms with E-state index in [2.05, 4.69) is 29.6 Å². The molecule has 1 saturated carbocycles. The molecule has 1 heterocycles. The molecule has 19 heavy (non-hydrogen) atoms. The van der Waals surface area contributed by atoms with Crippen molar-refractivity contribution in [2.24, 2.45) is 11.8 Å². The zero-order valence-corrected chi connectivity index (χ0v) is 11.5. The van der Waals surface area contributed by atoms with Gasteiger partial charge in [0, 0.05) is 6.42 Å². The summed E-state index contributed by atoms with van der Waals surface area (Å²) in [6.45, 7) is 0. The molecule has 102 valence electrons. The third-order valence-electron chi connectivity index (χ3n) is 4.75. The minimum Gasteiger partial charge on any atom is -0.349 e. The van der Waals surface area contributed by atoms with E-state index >= 15 is 0 Å². The molecule has 0 spiro atoms. The third-order valence-corrected chi connectivity index (χ3v) is 4.75. The lowest BCUT2D eigenvalue weighted by atomic mass is 9.79. The number of amides is 1. The van der Waals surface area contributed by atoms with E-state index in [4.69, 9.17) is 0 Å². The van der Waals surface area contributed by atoms with E-state index in [-0.39, 0.29) is 11.9 Å². The molecule has 1 aromatic carbocycles. The van der Waals surface area contributed by atoms with E-state index in [0.29, 0.717) is 5.92 Å². The van der Waals surface area contributed by atoms with E-state index in [9.17, 15) is 4.79 Å². The molecule has 2 heteroatoms. The highest BCUT2D eigenvalue weighted by Gasteiger charge is 2.34. The zero-order chi connectivity index (χ0) is 13.1. The van der Waals surface area contributed by atoms with Crippen LogP contribution in [0.3, 0.4) is 0 Å². The van der Waals surface area contributed by atoms with Crippen LogP contribution in [0.15, 0.2) is 30.3 Å². The van der Waals surface area contributed by atoms with Crippen molar-refractivity contribution in [1.82, 2.24) is 5.32 Å². The molecule has 2 unspecified atom stereocenters. The average Bonchev–Trinajstić information content (AvgIpc) is 2.82. The Morgan fingerprint density at radius 2 is 1.79 bits per heavy atom. The van der Waals surface area contributed by atoms with Crippen molar-refractivity contribution in [2.75, 3.05) is 0 Å². The van der Waals surface area contributed by atoms with Crippen LogP contribution in [-0.2, 0) is 4.79 Å². The molecule has 1 saturated heterocycles. The van der Waals surface area contributed by atoms with Crippen LogP contribution >= 0.6 is 0 Å². The van der Waals surface area contributed by atoms with Crippen LogP contribution in [0.25, 0.3) is 0 Å². The van der Waals surface area contributed by atoms with Gasteiger partial charge in [-0.2, -0.15) is 0 Å². The molecule has 1 aromatic rings. The molecule has 2 nitrogen and oxygen atoms in total. The van der Waals surface area contributed by atoms with Crippen LogP contribution < -0.4 is 5.32 Å². The number of carbonyl (C=O) groups is 1. The van der Waals surface area contributed by atoms with E-state index < -0.39 is 0 Å². The summed E-state index contributed by atoms with van der Waals surface area (Å²) in [6, 6.07) is 10.7. The van der Waals surface area contributed by atoms with Gasteiger partial charge < -0.3 is 5.32 Å². The van der Waals surface area contributed by atoms with Gasteiger partial charge in [-0.05, 0) is 23.8 Å². The maximum Gasteiger partial charge on any atom is 0.220 e. The number of hydrogen-bond acceptors (Lipinski definition) is 1. The molecule has 2 fully saturated rings. The first kappa shape index (κ1) is 12.7. The maximum atomic E-state index is 11.8. The number of rotatable bonds is 3. The minimum absolute atomic E-state index is 0.231. The summed E-state index contributed by atoms with van der Waals surface area (Å²) in [5, 5.41) is 3.17. The Bertz CT molecular complexity index is 422. The van der Waals surface area contributed by atoms with Gasteiger partial charge in [-0.25, -0.2) is 0 Å².